The number of carbonyl (C=O) groups is 2. The normalized spacial score (nSPS) is 18.8. The van der Waals surface area contributed by atoms with Crippen LogP contribution in [0.25, 0.3) is 0 Å². The fourth-order valence-electron chi connectivity index (χ4n) is 5.13. The lowest BCUT2D eigenvalue weighted by Gasteiger charge is -2.36. The number of rotatable bonds is 9. The van der Waals surface area contributed by atoms with Gasteiger partial charge in [-0.15, -0.1) is 0 Å². The van der Waals surface area contributed by atoms with E-state index in [-0.39, 0.29) is 47.6 Å². The van der Waals surface area contributed by atoms with Crippen LogP contribution in [-0.2, 0) is 19.1 Å². The number of esters is 1. The molecule has 2 atom stereocenters. The number of carbonyl (C=O) groups excluding carboxylic acids is 2. The molecule has 11 heteroatoms. The van der Waals surface area contributed by atoms with E-state index < -0.39 is 16.8 Å². The van der Waals surface area contributed by atoms with Gasteiger partial charge in [-0.2, -0.15) is 0 Å². The lowest BCUT2D eigenvalue weighted by Crippen LogP contribution is -2.36. The quantitative estimate of drug-likeness (QED) is 0.200. The number of halogens is 1. The molecule has 0 saturated heterocycles. The van der Waals surface area contributed by atoms with Crippen LogP contribution >= 0.6 is 11.6 Å². The first-order valence-corrected chi connectivity index (χ1v) is 12.6. The lowest BCUT2D eigenvalue weighted by atomic mass is 9.71. The summed E-state index contributed by atoms with van der Waals surface area (Å²) in [5, 5.41) is 14.9. The van der Waals surface area contributed by atoms with Gasteiger partial charge in [0.15, 0.2) is 17.3 Å². The van der Waals surface area contributed by atoms with Gasteiger partial charge in [-0.05, 0) is 48.6 Å². The average molecular weight is 557 g/mol. The molecule has 0 radical (unpaired) electrons. The molecule has 0 amide bonds. The van der Waals surface area contributed by atoms with Crippen LogP contribution in [0.4, 0.5) is 5.69 Å². The molecule has 1 aliphatic heterocycles. The smallest absolute Gasteiger partial charge is 0.336 e. The van der Waals surface area contributed by atoms with Crippen LogP contribution in [0.2, 0.25) is 5.02 Å². The molecule has 1 N–H and O–H groups in total. The number of nitro benzene ring substituents is 1. The minimum atomic E-state index is -0.869. The summed E-state index contributed by atoms with van der Waals surface area (Å²) in [4.78, 5) is 38.1. The third kappa shape index (κ3) is 5.62. The molecule has 4 rings (SSSR count). The van der Waals surface area contributed by atoms with Gasteiger partial charge in [0.1, 0.15) is 11.6 Å². The van der Waals surface area contributed by atoms with Gasteiger partial charge < -0.3 is 24.3 Å². The molecule has 0 saturated carbocycles. The predicted molar refractivity (Wildman–Crippen MR) is 143 cm³/mol. The summed E-state index contributed by atoms with van der Waals surface area (Å²) in [6, 6.07) is 9.86. The van der Waals surface area contributed by atoms with Crippen molar-refractivity contribution in [3.8, 4) is 11.5 Å². The van der Waals surface area contributed by atoms with Gasteiger partial charge in [0.05, 0.1) is 31.3 Å². The standard InChI is InChI=1S/C28H29ClN2O8/c1-15-25(28(33)39-10-9-36-2)26(17-5-7-19(29)21(12-17)31(34)35)27-20(30-15)11-18(13-22(27)32)16-6-8-23(37-3)24(14-16)38-4/h5-8,12,14,18,26,30H,9-11,13H2,1-4H3/t18-,26+/m0/s1. The van der Waals surface area contributed by atoms with E-state index in [1.165, 1.54) is 19.2 Å². The molecule has 10 nitrogen and oxygen atoms in total. The third-order valence-electron chi connectivity index (χ3n) is 6.95. The molecule has 2 aromatic carbocycles. The van der Waals surface area contributed by atoms with Gasteiger partial charge >= 0.3 is 5.97 Å². The summed E-state index contributed by atoms with van der Waals surface area (Å²) in [5.41, 5.74) is 2.73. The van der Waals surface area contributed by atoms with Gasteiger partial charge in [0, 0.05) is 42.5 Å². The Bertz CT molecular complexity index is 1380. The highest BCUT2D eigenvalue weighted by Gasteiger charge is 2.42. The Balaban J connectivity index is 1.79. The summed E-state index contributed by atoms with van der Waals surface area (Å²) in [5.74, 6) is -0.707. The summed E-state index contributed by atoms with van der Waals surface area (Å²) >= 11 is 6.07. The van der Waals surface area contributed by atoms with E-state index >= 15 is 0 Å². The summed E-state index contributed by atoms with van der Waals surface area (Å²) in [7, 11) is 4.59. The number of ether oxygens (including phenoxy) is 4. The minimum Gasteiger partial charge on any atom is -0.493 e. The van der Waals surface area contributed by atoms with E-state index in [4.69, 9.17) is 30.5 Å². The third-order valence-corrected chi connectivity index (χ3v) is 7.27. The second kappa shape index (κ2) is 11.9. The van der Waals surface area contributed by atoms with Gasteiger partial charge in [0.2, 0.25) is 0 Å². The average Bonchev–Trinajstić information content (AvgIpc) is 2.91. The van der Waals surface area contributed by atoms with Crippen LogP contribution in [0.15, 0.2) is 58.9 Å². The van der Waals surface area contributed by atoms with Crippen molar-refractivity contribution >= 4 is 29.0 Å². The van der Waals surface area contributed by atoms with Crippen LogP contribution in [0.5, 0.6) is 11.5 Å². The first-order valence-electron chi connectivity index (χ1n) is 12.3. The number of hydrogen-bond acceptors (Lipinski definition) is 9. The van der Waals surface area contributed by atoms with Gasteiger partial charge in [0.25, 0.3) is 5.69 Å². The maximum Gasteiger partial charge on any atom is 0.336 e. The van der Waals surface area contributed by atoms with Crippen LogP contribution in [-0.4, -0.2) is 51.2 Å². The van der Waals surface area contributed by atoms with Crippen molar-refractivity contribution in [2.45, 2.75) is 31.6 Å². The number of allylic oxidation sites excluding steroid dienone is 3. The van der Waals surface area contributed by atoms with E-state index in [0.29, 0.717) is 40.5 Å². The lowest BCUT2D eigenvalue weighted by molar-refractivity contribution is -0.384. The first-order chi connectivity index (χ1) is 18.7. The fourth-order valence-corrected chi connectivity index (χ4v) is 5.32. The maximum atomic E-state index is 13.8. The highest BCUT2D eigenvalue weighted by atomic mass is 35.5. The highest BCUT2D eigenvalue weighted by Crippen LogP contribution is 2.47. The molecule has 39 heavy (non-hydrogen) atoms. The molecule has 2 aliphatic rings. The van der Waals surface area contributed by atoms with Crippen LogP contribution in [0, 0.1) is 10.1 Å². The molecular formula is C28H29ClN2O8. The Morgan fingerprint density at radius 2 is 1.77 bits per heavy atom. The number of Topliss-reactive ketones (excluding diaryl/α,β-unsaturated/α-hetero) is 1. The molecule has 206 valence electrons. The predicted octanol–water partition coefficient (Wildman–Crippen LogP) is 4.82. The number of nitrogens with one attached hydrogen (secondary N) is 1. The molecule has 0 fully saturated rings. The van der Waals surface area contributed by atoms with Crippen molar-refractivity contribution in [1.29, 1.82) is 0 Å². The topological polar surface area (TPSA) is 126 Å². The van der Waals surface area contributed by atoms with Crippen molar-refractivity contribution in [1.82, 2.24) is 5.32 Å². The fraction of sp³-hybridized carbons (Fsp3) is 0.357. The summed E-state index contributed by atoms with van der Waals surface area (Å²) in [6.45, 7) is 1.93. The largest absolute Gasteiger partial charge is 0.493 e. The SMILES string of the molecule is COCCOC(=O)C1=C(C)NC2=C(C(=O)C[C@@H](c3ccc(OC)c(OC)c3)C2)[C@@H]1c1ccc(Cl)c([N+](=O)[O-])c1. The monoisotopic (exact) mass is 556 g/mol. The molecule has 0 aromatic heterocycles. The first kappa shape index (κ1) is 28.1. The van der Waals surface area contributed by atoms with Crippen molar-refractivity contribution < 1.29 is 33.5 Å². The van der Waals surface area contributed by atoms with Crippen molar-refractivity contribution in [2.24, 2.45) is 0 Å². The van der Waals surface area contributed by atoms with Gasteiger partial charge in [-0.25, -0.2) is 4.79 Å². The number of nitro groups is 1. The molecule has 0 unspecified atom stereocenters. The minimum absolute atomic E-state index is 0.0147. The molecule has 2 aromatic rings. The Hall–Kier alpha value is -3.89. The molecule has 1 heterocycles. The Labute approximate surface area is 230 Å². The van der Waals surface area contributed by atoms with Crippen LogP contribution in [0.1, 0.15) is 42.7 Å². The van der Waals surface area contributed by atoms with E-state index in [9.17, 15) is 19.7 Å². The van der Waals surface area contributed by atoms with Crippen LogP contribution < -0.4 is 14.8 Å². The number of methoxy groups -OCH3 is 3. The van der Waals surface area contributed by atoms with Crippen molar-refractivity contribution in [3.05, 3.63) is 85.2 Å². The Morgan fingerprint density at radius 3 is 2.44 bits per heavy atom. The van der Waals surface area contributed by atoms with E-state index in [2.05, 4.69) is 5.32 Å². The number of ketones is 1. The van der Waals surface area contributed by atoms with Crippen molar-refractivity contribution in [3.63, 3.8) is 0 Å². The zero-order valence-electron chi connectivity index (χ0n) is 22.0. The zero-order chi connectivity index (χ0) is 28.3. The van der Waals surface area contributed by atoms with E-state index in [1.54, 1.807) is 33.3 Å². The summed E-state index contributed by atoms with van der Waals surface area (Å²) < 4.78 is 21.2. The molecular weight excluding hydrogens is 528 g/mol. The zero-order valence-corrected chi connectivity index (χ0v) is 22.8. The molecule has 0 bridgehead atoms. The number of dihydropyridines is 1. The molecule has 0 spiro atoms. The van der Waals surface area contributed by atoms with Crippen molar-refractivity contribution in [2.75, 3.05) is 34.5 Å². The number of hydrogen-bond donors (Lipinski definition) is 1. The highest BCUT2D eigenvalue weighted by molar-refractivity contribution is 6.32. The number of nitrogens with zero attached hydrogens (tertiary/aromatic N) is 1. The Kier molecular flexibility index (Phi) is 8.57. The Morgan fingerprint density at radius 1 is 1.05 bits per heavy atom. The number of benzene rings is 2. The van der Waals surface area contributed by atoms with Gasteiger partial charge in [-0.3, -0.25) is 14.9 Å². The van der Waals surface area contributed by atoms with Crippen LogP contribution in [0.3, 0.4) is 0 Å². The maximum absolute atomic E-state index is 13.8. The van der Waals surface area contributed by atoms with E-state index in [0.717, 1.165) is 5.56 Å². The summed E-state index contributed by atoms with van der Waals surface area (Å²) in [6.07, 6.45) is 0.652. The second-order valence-corrected chi connectivity index (χ2v) is 9.64. The second-order valence-electron chi connectivity index (χ2n) is 9.23. The van der Waals surface area contributed by atoms with E-state index in [1.807, 2.05) is 12.1 Å². The van der Waals surface area contributed by atoms with Gasteiger partial charge in [-0.1, -0.05) is 23.7 Å². The molecule has 1 aliphatic carbocycles.